The lowest BCUT2D eigenvalue weighted by Crippen LogP contribution is -2.63. The summed E-state index contributed by atoms with van der Waals surface area (Å²) in [6.07, 6.45) is 4.88. The van der Waals surface area contributed by atoms with Gasteiger partial charge in [-0.1, -0.05) is 0 Å². The maximum absolute atomic E-state index is 6.03. The van der Waals surface area contributed by atoms with E-state index in [2.05, 4.69) is 45.6 Å². The first-order chi connectivity index (χ1) is 13.2. The van der Waals surface area contributed by atoms with Crippen LogP contribution in [0.2, 0.25) is 0 Å². The number of hydrogen-bond donors (Lipinski definition) is 5. The van der Waals surface area contributed by atoms with E-state index in [4.69, 9.17) is 9.47 Å². The van der Waals surface area contributed by atoms with Crippen molar-refractivity contribution < 1.29 is 9.47 Å². The van der Waals surface area contributed by atoms with Gasteiger partial charge in [0, 0.05) is 23.4 Å². The molecule has 0 radical (unpaired) electrons. The molecule has 3 aliphatic rings. The molecule has 2 fully saturated rings. The minimum Gasteiger partial charge on any atom is -0.486 e. The summed E-state index contributed by atoms with van der Waals surface area (Å²) in [5, 5.41) is 17.6. The van der Waals surface area contributed by atoms with Crippen LogP contribution in [0.5, 0.6) is 11.5 Å². The molecule has 0 aliphatic carbocycles. The van der Waals surface area contributed by atoms with E-state index in [1.54, 1.807) is 0 Å². The van der Waals surface area contributed by atoms with E-state index in [-0.39, 0.29) is 6.29 Å². The molecule has 2 saturated heterocycles. The van der Waals surface area contributed by atoms with Crippen molar-refractivity contribution in [3.05, 3.63) is 17.7 Å². The first-order valence-corrected chi connectivity index (χ1v) is 10.3. The molecule has 4 rings (SSSR count). The van der Waals surface area contributed by atoms with Crippen LogP contribution in [-0.2, 0) is 0 Å². The topological polar surface area (TPSA) is 78.6 Å². The maximum Gasteiger partial charge on any atom is 0.164 e. The van der Waals surface area contributed by atoms with Crippen LogP contribution >= 0.6 is 0 Å². The van der Waals surface area contributed by atoms with Crippen LogP contribution in [-0.4, -0.2) is 51.8 Å². The summed E-state index contributed by atoms with van der Waals surface area (Å²) in [5.74, 6) is 2.32. The van der Waals surface area contributed by atoms with Gasteiger partial charge in [0.1, 0.15) is 19.5 Å². The molecule has 1 aromatic rings. The number of ether oxygens (including phenoxy) is 2. The van der Waals surface area contributed by atoms with E-state index in [9.17, 15) is 0 Å². The molecule has 1 aromatic carbocycles. The third-order valence-electron chi connectivity index (χ3n) is 5.75. The van der Waals surface area contributed by atoms with Gasteiger partial charge in [0.05, 0.1) is 6.17 Å². The van der Waals surface area contributed by atoms with Crippen LogP contribution < -0.4 is 36.1 Å². The Morgan fingerprint density at radius 3 is 2.85 bits per heavy atom. The number of rotatable bonds is 4. The van der Waals surface area contributed by atoms with Gasteiger partial charge in [0.15, 0.2) is 11.5 Å². The molecule has 4 unspecified atom stereocenters. The van der Waals surface area contributed by atoms with Crippen molar-refractivity contribution in [1.29, 1.82) is 0 Å². The van der Waals surface area contributed by atoms with Gasteiger partial charge in [-0.3, -0.25) is 10.6 Å². The summed E-state index contributed by atoms with van der Waals surface area (Å²) >= 11 is 0. The van der Waals surface area contributed by atoms with E-state index in [1.807, 2.05) is 7.05 Å². The van der Waals surface area contributed by atoms with Crippen LogP contribution in [0.3, 0.4) is 0 Å². The largest absolute Gasteiger partial charge is 0.486 e. The Morgan fingerprint density at radius 1 is 1.07 bits per heavy atom. The van der Waals surface area contributed by atoms with Gasteiger partial charge in [-0.2, -0.15) is 0 Å². The number of benzene rings is 1. The van der Waals surface area contributed by atoms with Gasteiger partial charge in [0.25, 0.3) is 0 Å². The molecule has 0 saturated carbocycles. The SMILES string of the molecule is CNC1CC(C)NC(Nc2cc3c(c(C4CCCNCC4)c2)OCCO3)N1. The van der Waals surface area contributed by atoms with Crippen LogP contribution in [0.1, 0.15) is 44.1 Å². The molecular formula is C20H33N5O2. The van der Waals surface area contributed by atoms with Crippen molar-refractivity contribution in [2.45, 2.75) is 57.0 Å². The Kier molecular flexibility index (Phi) is 6.02. The molecule has 0 spiro atoms. The molecule has 7 nitrogen and oxygen atoms in total. The average molecular weight is 376 g/mol. The first-order valence-electron chi connectivity index (χ1n) is 10.3. The molecule has 5 N–H and O–H groups in total. The molecule has 4 atom stereocenters. The second-order valence-electron chi connectivity index (χ2n) is 7.86. The Balaban J connectivity index is 1.58. The van der Waals surface area contributed by atoms with E-state index < -0.39 is 0 Å². The fraction of sp³-hybridized carbons (Fsp3) is 0.700. The molecule has 27 heavy (non-hydrogen) atoms. The number of nitrogens with one attached hydrogen (secondary N) is 5. The zero-order chi connectivity index (χ0) is 18.6. The normalized spacial score (nSPS) is 31.2. The summed E-state index contributed by atoms with van der Waals surface area (Å²) in [4.78, 5) is 0. The van der Waals surface area contributed by atoms with Crippen molar-refractivity contribution in [3.63, 3.8) is 0 Å². The monoisotopic (exact) mass is 375 g/mol. The minimum atomic E-state index is 0.0115. The number of hydrogen-bond acceptors (Lipinski definition) is 7. The van der Waals surface area contributed by atoms with Gasteiger partial charge in [0.2, 0.25) is 0 Å². The zero-order valence-corrected chi connectivity index (χ0v) is 16.4. The summed E-state index contributed by atoms with van der Waals surface area (Å²) in [6, 6.07) is 4.77. The average Bonchev–Trinajstić information content (AvgIpc) is 2.96. The van der Waals surface area contributed by atoms with Crippen molar-refractivity contribution in [1.82, 2.24) is 21.3 Å². The van der Waals surface area contributed by atoms with Gasteiger partial charge in [-0.15, -0.1) is 0 Å². The smallest absolute Gasteiger partial charge is 0.164 e. The molecule has 150 valence electrons. The van der Waals surface area contributed by atoms with E-state index in [0.717, 1.165) is 43.1 Å². The molecule has 7 heteroatoms. The highest BCUT2D eigenvalue weighted by atomic mass is 16.6. The summed E-state index contributed by atoms with van der Waals surface area (Å²) in [7, 11) is 2.00. The van der Waals surface area contributed by atoms with Crippen LogP contribution in [0.15, 0.2) is 12.1 Å². The zero-order valence-electron chi connectivity index (χ0n) is 16.4. The Labute approximate surface area is 161 Å². The van der Waals surface area contributed by atoms with E-state index in [1.165, 1.54) is 18.4 Å². The van der Waals surface area contributed by atoms with Gasteiger partial charge in [-0.25, -0.2) is 0 Å². The third-order valence-corrected chi connectivity index (χ3v) is 5.75. The number of fused-ring (bicyclic) bond motifs is 1. The number of anilines is 1. The predicted molar refractivity (Wildman–Crippen MR) is 108 cm³/mol. The summed E-state index contributed by atoms with van der Waals surface area (Å²) < 4.78 is 12.0. The van der Waals surface area contributed by atoms with Crippen LogP contribution in [0, 0.1) is 0 Å². The highest BCUT2D eigenvalue weighted by Gasteiger charge is 2.27. The molecule has 3 aliphatic heterocycles. The fourth-order valence-corrected chi connectivity index (χ4v) is 4.37. The van der Waals surface area contributed by atoms with E-state index >= 15 is 0 Å². The predicted octanol–water partition coefficient (Wildman–Crippen LogP) is 1.53. The third kappa shape index (κ3) is 4.48. The van der Waals surface area contributed by atoms with Crippen LogP contribution in [0.25, 0.3) is 0 Å². The standard InChI is InChI=1S/C20H33N5O2/c1-13-10-18(21-2)25-20(23-13)24-15-11-16(14-4-3-6-22-7-5-14)19-17(12-15)26-8-9-27-19/h11-14,18,20-25H,3-10H2,1-2H3. The molecule has 3 heterocycles. The fourth-order valence-electron chi connectivity index (χ4n) is 4.37. The summed E-state index contributed by atoms with van der Waals surface area (Å²) in [5.41, 5.74) is 2.35. The van der Waals surface area contributed by atoms with Crippen molar-refractivity contribution in [2.24, 2.45) is 0 Å². The first kappa shape index (κ1) is 18.8. The van der Waals surface area contributed by atoms with Crippen molar-refractivity contribution in [3.8, 4) is 11.5 Å². The Morgan fingerprint density at radius 2 is 1.96 bits per heavy atom. The Bertz CT molecular complexity index is 633. The molecule has 0 amide bonds. The lowest BCUT2D eigenvalue weighted by Gasteiger charge is -2.37. The van der Waals surface area contributed by atoms with Crippen molar-refractivity contribution >= 4 is 5.69 Å². The summed E-state index contributed by atoms with van der Waals surface area (Å²) in [6.45, 7) is 5.62. The molecule has 0 aromatic heterocycles. The minimum absolute atomic E-state index is 0.0115. The lowest BCUT2D eigenvalue weighted by molar-refractivity contribution is 0.169. The van der Waals surface area contributed by atoms with Gasteiger partial charge >= 0.3 is 0 Å². The quantitative estimate of drug-likeness (QED) is 0.546. The maximum atomic E-state index is 6.03. The van der Waals surface area contributed by atoms with E-state index in [0.29, 0.717) is 31.3 Å². The highest BCUT2D eigenvalue weighted by molar-refractivity contribution is 5.61. The molecule has 0 bridgehead atoms. The molecular weight excluding hydrogens is 342 g/mol. The second-order valence-corrected chi connectivity index (χ2v) is 7.86. The van der Waals surface area contributed by atoms with Gasteiger partial charge < -0.3 is 25.4 Å². The lowest BCUT2D eigenvalue weighted by atomic mass is 9.90. The Hall–Kier alpha value is -1.54. The second kappa shape index (κ2) is 8.65. The van der Waals surface area contributed by atoms with Crippen molar-refractivity contribution in [2.75, 3.05) is 38.7 Å². The van der Waals surface area contributed by atoms with Crippen LogP contribution in [0.4, 0.5) is 5.69 Å². The van der Waals surface area contributed by atoms with Gasteiger partial charge in [-0.05, 0) is 64.7 Å². The highest BCUT2D eigenvalue weighted by Crippen LogP contribution is 2.43.